The maximum Gasteiger partial charge on any atom is 0.271 e. The van der Waals surface area contributed by atoms with Crippen LogP contribution >= 0.6 is 11.3 Å². The van der Waals surface area contributed by atoms with Gasteiger partial charge >= 0.3 is 0 Å². The second-order valence-electron chi connectivity index (χ2n) is 8.74. The molecule has 0 unspecified atom stereocenters. The van der Waals surface area contributed by atoms with Crippen LogP contribution in [-0.2, 0) is 21.2 Å². The van der Waals surface area contributed by atoms with Crippen LogP contribution in [0.25, 0.3) is 0 Å². The first kappa shape index (κ1) is 30.5. The monoisotopic (exact) mass is 566 g/mol. The summed E-state index contributed by atoms with van der Waals surface area (Å²) in [5.74, 6) is -2.95. The number of hydrogen-bond donors (Lipinski definition) is 4. The molecular formula is C23H36F2N4O6S2. The second-order valence-corrected chi connectivity index (χ2v) is 11.6. The first-order valence-corrected chi connectivity index (χ1v) is 14.2. The third-order valence-electron chi connectivity index (χ3n) is 5.62. The van der Waals surface area contributed by atoms with Crippen molar-refractivity contribution in [2.45, 2.75) is 63.8 Å². The van der Waals surface area contributed by atoms with Gasteiger partial charge in [-0.15, -0.1) is 11.3 Å². The lowest BCUT2D eigenvalue weighted by atomic mass is 9.91. The number of hydrogen-bond acceptors (Lipinski definition) is 8. The smallest absolute Gasteiger partial charge is 0.271 e. The molecule has 0 aliphatic rings. The van der Waals surface area contributed by atoms with Gasteiger partial charge in [0.15, 0.2) is 5.13 Å². The minimum absolute atomic E-state index is 0. The van der Waals surface area contributed by atoms with Crippen molar-refractivity contribution >= 4 is 38.3 Å². The SMILES string of the molecule is CCCC[C@@H](NC(C)=O)[C@@H](O)[C@H](O)[C@H](Cc1cc(F)cc(F)c1)NC(=O)c1csc(N(C)S(C)(=O)=O)n1.[HH].[HH]. The average molecular weight is 567 g/mol. The van der Waals surface area contributed by atoms with Crippen molar-refractivity contribution in [2.75, 3.05) is 17.6 Å². The lowest BCUT2D eigenvalue weighted by molar-refractivity contribution is -0.121. The molecule has 0 saturated heterocycles. The summed E-state index contributed by atoms with van der Waals surface area (Å²) in [6.07, 6.45) is -0.728. The molecule has 210 valence electrons. The number of aliphatic hydroxyl groups excluding tert-OH is 2. The summed E-state index contributed by atoms with van der Waals surface area (Å²) in [7, 11) is -2.35. The molecule has 10 nitrogen and oxygen atoms in total. The number of benzene rings is 1. The van der Waals surface area contributed by atoms with Gasteiger partial charge in [0, 0.05) is 28.3 Å². The van der Waals surface area contributed by atoms with E-state index in [4.69, 9.17) is 0 Å². The van der Waals surface area contributed by atoms with Gasteiger partial charge in [-0.25, -0.2) is 26.5 Å². The average Bonchev–Trinajstić information content (AvgIpc) is 3.28. The fourth-order valence-electron chi connectivity index (χ4n) is 3.63. The van der Waals surface area contributed by atoms with Crippen molar-refractivity contribution in [3.8, 4) is 0 Å². The highest BCUT2D eigenvalue weighted by atomic mass is 32.2. The molecule has 0 aliphatic carbocycles. The van der Waals surface area contributed by atoms with E-state index in [1.54, 1.807) is 0 Å². The van der Waals surface area contributed by atoms with E-state index in [0.29, 0.717) is 18.9 Å². The molecule has 0 radical (unpaired) electrons. The van der Waals surface area contributed by atoms with Gasteiger partial charge in [-0.1, -0.05) is 19.8 Å². The van der Waals surface area contributed by atoms with Gasteiger partial charge in [-0.3, -0.25) is 9.59 Å². The number of rotatable bonds is 13. The number of carbonyl (C=O) groups excluding carboxylic acids is 2. The van der Waals surface area contributed by atoms with E-state index >= 15 is 0 Å². The molecule has 4 atom stereocenters. The van der Waals surface area contributed by atoms with Crippen LogP contribution < -0.4 is 14.9 Å². The van der Waals surface area contributed by atoms with Crippen molar-refractivity contribution in [3.63, 3.8) is 0 Å². The standard InChI is InChI=1S/C23H32F2N4O6S2.2H2/c1-5-6-7-17(26-13(2)30)20(31)21(32)18(10-14-8-15(24)11-16(25)9-14)27-22(33)19-12-36-23(28-19)29(3)37(4,34)35;;/h8-9,11-12,17-18,20-21,31-32H,5-7,10H2,1-4H3,(H,26,30)(H,27,33);2*1H/t17-,18+,20-,21-;;/m1../s1. The molecule has 0 bridgehead atoms. The Morgan fingerprint density at radius 1 is 1.14 bits per heavy atom. The van der Waals surface area contributed by atoms with Gasteiger partial charge in [-0.05, 0) is 30.5 Å². The number of carbonyl (C=O) groups is 2. The van der Waals surface area contributed by atoms with E-state index in [9.17, 15) is 37.0 Å². The number of amides is 2. The molecule has 4 N–H and O–H groups in total. The maximum atomic E-state index is 13.8. The maximum absolute atomic E-state index is 13.8. The highest BCUT2D eigenvalue weighted by Gasteiger charge is 2.34. The van der Waals surface area contributed by atoms with E-state index < -0.39 is 57.8 Å². The van der Waals surface area contributed by atoms with Crippen LogP contribution in [0.4, 0.5) is 13.9 Å². The van der Waals surface area contributed by atoms with E-state index in [0.717, 1.165) is 40.5 Å². The van der Waals surface area contributed by atoms with Crippen LogP contribution in [0.3, 0.4) is 0 Å². The number of nitrogens with zero attached hydrogens (tertiary/aromatic N) is 2. The molecule has 0 fully saturated rings. The van der Waals surface area contributed by atoms with Crippen LogP contribution in [0.5, 0.6) is 0 Å². The zero-order valence-electron chi connectivity index (χ0n) is 20.9. The van der Waals surface area contributed by atoms with Gasteiger partial charge in [-0.2, -0.15) is 0 Å². The first-order chi connectivity index (χ1) is 17.2. The molecular weight excluding hydrogens is 530 g/mol. The van der Waals surface area contributed by atoms with Crippen LogP contribution in [0, 0.1) is 11.6 Å². The fraction of sp³-hybridized carbons (Fsp3) is 0.522. The summed E-state index contributed by atoms with van der Waals surface area (Å²) in [6.45, 7) is 3.18. The number of unbranched alkanes of at least 4 members (excludes halogenated alkanes) is 1. The van der Waals surface area contributed by atoms with Crippen molar-refractivity contribution in [1.82, 2.24) is 15.6 Å². The number of nitrogens with one attached hydrogen (secondary N) is 2. The summed E-state index contributed by atoms with van der Waals surface area (Å²) >= 11 is 0.900. The lowest BCUT2D eigenvalue weighted by Crippen LogP contribution is -2.56. The van der Waals surface area contributed by atoms with E-state index in [2.05, 4.69) is 15.6 Å². The van der Waals surface area contributed by atoms with E-state index in [1.807, 2.05) is 6.92 Å². The third-order valence-corrected chi connectivity index (χ3v) is 7.82. The molecule has 0 spiro atoms. The molecule has 0 saturated carbocycles. The Labute approximate surface area is 221 Å². The van der Waals surface area contributed by atoms with Crippen LogP contribution in [-0.4, -0.2) is 73.0 Å². The second kappa shape index (κ2) is 13.2. The molecule has 0 aliphatic heterocycles. The number of anilines is 1. The number of halogens is 2. The predicted molar refractivity (Wildman–Crippen MR) is 140 cm³/mol. The molecule has 1 heterocycles. The minimum Gasteiger partial charge on any atom is -0.388 e. The molecule has 1 aromatic carbocycles. The zero-order valence-corrected chi connectivity index (χ0v) is 22.6. The van der Waals surface area contributed by atoms with Crippen molar-refractivity contribution in [2.24, 2.45) is 0 Å². The number of thiazole rings is 1. The minimum atomic E-state index is -3.62. The number of aliphatic hydroxyl groups is 2. The van der Waals surface area contributed by atoms with Crippen LogP contribution in [0.15, 0.2) is 23.6 Å². The van der Waals surface area contributed by atoms with E-state index in [1.165, 1.54) is 19.4 Å². The van der Waals surface area contributed by atoms with Gasteiger partial charge < -0.3 is 20.8 Å². The molecule has 2 aromatic rings. The van der Waals surface area contributed by atoms with Crippen LogP contribution in [0.1, 0.15) is 52.0 Å². The Kier molecular flexibility index (Phi) is 10.9. The predicted octanol–water partition coefficient (Wildman–Crippen LogP) is 2.07. The van der Waals surface area contributed by atoms with Crippen molar-refractivity contribution < 1.29 is 39.9 Å². The zero-order chi connectivity index (χ0) is 27.9. The molecule has 2 rings (SSSR count). The Bertz CT molecular complexity index is 1180. The fourth-order valence-corrected chi connectivity index (χ4v) is 5.16. The number of sulfonamides is 1. The largest absolute Gasteiger partial charge is 0.388 e. The topological polar surface area (TPSA) is 149 Å². The lowest BCUT2D eigenvalue weighted by Gasteiger charge is -2.32. The molecule has 37 heavy (non-hydrogen) atoms. The van der Waals surface area contributed by atoms with Gasteiger partial charge in [0.1, 0.15) is 29.5 Å². The Morgan fingerprint density at radius 2 is 1.73 bits per heavy atom. The quantitative estimate of drug-likeness (QED) is 0.290. The first-order valence-electron chi connectivity index (χ1n) is 11.5. The van der Waals surface area contributed by atoms with Gasteiger partial charge in [0.2, 0.25) is 15.9 Å². The third kappa shape index (κ3) is 8.98. The summed E-state index contributed by atoms with van der Waals surface area (Å²) in [5, 5.41) is 28.4. The van der Waals surface area contributed by atoms with E-state index in [-0.39, 0.29) is 25.7 Å². The van der Waals surface area contributed by atoms with Crippen LogP contribution in [0.2, 0.25) is 0 Å². The number of aromatic nitrogens is 1. The normalized spacial score (nSPS) is 14.9. The van der Waals surface area contributed by atoms with Gasteiger partial charge in [0.05, 0.1) is 18.3 Å². The van der Waals surface area contributed by atoms with Gasteiger partial charge in [0.25, 0.3) is 5.91 Å². The summed E-state index contributed by atoms with van der Waals surface area (Å²) in [4.78, 5) is 28.6. The molecule has 1 aromatic heterocycles. The highest BCUT2D eigenvalue weighted by molar-refractivity contribution is 7.92. The van der Waals surface area contributed by atoms with Crippen molar-refractivity contribution in [3.05, 3.63) is 46.5 Å². The Hall–Kier alpha value is -2.68. The summed E-state index contributed by atoms with van der Waals surface area (Å²) < 4.78 is 52.0. The summed E-state index contributed by atoms with van der Waals surface area (Å²) in [6, 6.07) is 0.650. The Morgan fingerprint density at radius 3 is 2.27 bits per heavy atom. The summed E-state index contributed by atoms with van der Waals surface area (Å²) in [5.41, 5.74) is -0.0496. The highest BCUT2D eigenvalue weighted by Crippen LogP contribution is 2.22. The Balaban J connectivity index is 0.00000722. The van der Waals surface area contributed by atoms with Crippen molar-refractivity contribution in [1.29, 1.82) is 0 Å². The molecule has 2 amide bonds. The molecule has 14 heteroatoms.